The molecule has 0 radical (unpaired) electrons. The third kappa shape index (κ3) is 4.94. The topological polar surface area (TPSA) is 110 Å². The molecule has 1 saturated heterocycles. The van der Waals surface area contributed by atoms with Gasteiger partial charge in [-0.1, -0.05) is 0 Å². The second-order valence-corrected chi connectivity index (χ2v) is 8.58. The van der Waals surface area contributed by atoms with E-state index in [2.05, 4.69) is 9.97 Å². The van der Waals surface area contributed by atoms with Crippen LogP contribution in [0, 0.1) is 5.92 Å². The average molecular weight is 391 g/mol. The summed E-state index contributed by atoms with van der Waals surface area (Å²) in [5.41, 5.74) is 0.718. The predicted octanol–water partition coefficient (Wildman–Crippen LogP) is 2.32. The first-order valence-corrected chi connectivity index (χ1v) is 10.5. The number of piperidine rings is 1. The van der Waals surface area contributed by atoms with Crippen LogP contribution >= 0.6 is 0 Å². The average Bonchev–Trinajstić information content (AvgIpc) is 2.66. The summed E-state index contributed by atoms with van der Waals surface area (Å²) in [6, 6.07) is 6.40. The van der Waals surface area contributed by atoms with E-state index < -0.39 is 15.9 Å². The second-order valence-electron chi connectivity index (χ2n) is 6.56. The number of likely N-dealkylation sites (tertiary alicyclic amines) is 1. The van der Waals surface area contributed by atoms with Gasteiger partial charge in [-0.25, -0.2) is 23.2 Å². The first-order chi connectivity index (χ1) is 12.8. The Bertz CT molecular complexity index is 890. The number of benzene rings is 1. The Kier molecular flexibility index (Phi) is 5.59. The zero-order chi connectivity index (χ0) is 19.4. The van der Waals surface area contributed by atoms with Crippen molar-refractivity contribution in [2.45, 2.75) is 17.7 Å². The molecule has 0 unspecified atom stereocenters. The van der Waals surface area contributed by atoms with Crippen LogP contribution in [0.25, 0.3) is 11.4 Å². The molecule has 1 aliphatic rings. The number of hydrogen-bond donors (Lipinski definition) is 1. The summed E-state index contributed by atoms with van der Waals surface area (Å²) in [5.74, 6) is 1.34. The molecule has 0 atom stereocenters. The molecule has 3 rings (SSSR count). The van der Waals surface area contributed by atoms with Gasteiger partial charge in [-0.3, -0.25) is 0 Å². The molecule has 1 aromatic heterocycles. The number of hydrogen-bond acceptors (Lipinski definition) is 6. The predicted molar refractivity (Wildman–Crippen MR) is 98.4 cm³/mol. The molecule has 1 fully saturated rings. The number of nitrogens with zero attached hydrogens (tertiary/aromatic N) is 3. The normalized spacial score (nSPS) is 15.5. The van der Waals surface area contributed by atoms with Gasteiger partial charge < -0.3 is 14.7 Å². The van der Waals surface area contributed by atoms with Crippen LogP contribution < -0.4 is 4.74 Å². The van der Waals surface area contributed by atoms with Crippen molar-refractivity contribution >= 4 is 15.9 Å². The van der Waals surface area contributed by atoms with E-state index in [0.29, 0.717) is 37.2 Å². The zero-order valence-corrected chi connectivity index (χ0v) is 15.7. The van der Waals surface area contributed by atoms with Crippen LogP contribution in [0.2, 0.25) is 0 Å². The lowest BCUT2D eigenvalue weighted by molar-refractivity contribution is 0.111. The molecule has 0 saturated carbocycles. The monoisotopic (exact) mass is 391 g/mol. The highest BCUT2D eigenvalue weighted by Crippen LogP contribution is 2.21. The molecule has 1 aliphatic heterocycles. The van der Waals surface area contributed by atoms with Crippen LogP contribution in [0.3, 0.4) is 0 Å². The molecule has 1 aromatic carbocycles. The maximum absolute atomic E-state index is 11.5. The largest absolute Gasteiger partial charge is 0.490 e. The molecule has 9 heteroatoms. The number of carboxylic acid groups (broad SMARTS) is 1. The highest BCUT2D eigenvalue weighted by Gasteiger charge is 2.22. The maximum atomic E-state index is 11.5. The van der Waals surface area contributed by atoms with Crippen molar-refractivity contribution in [3.63, 3.8) is 0 Å². The van der Waals surface area contributed by atoms with Crippen molar-refractivity contribution in [3.8, 4) is 17.1 Å². The van der Waals surface area contributed by atoms with Crippen LogP contribution in [0.4, 0.5) is 4.79 Å². The number of sulfone groups is 1. The molecule has 2 heterocycles. The molecule has 0 aliphatic carbocycles. The molecule has 1 N–H and O–H groups in total. The Morgan fingerprint density at radius 1 is 1.19 bits per heavy atom. The minimum Gasteiger partial charge on any atom is -0.490 e. The summed E-state index contributed by atoms with van der Waals surface area (Å²) in [5, 5.41) is 8.96. The van der Waals surface area contributed by atoms with Gasteiger partial charge in [0.25, 0.3) is 0 Å². The van der Waals surface area contributed by atoms with Crippen LogP contribution in [-0.4, -0.2) is 60.4 Å². The first kappa shape index (κ1) is 19.1. The van der Waals surface area contributed by atoms with Crippen LogP contribution in [-0.2, 0) is 9.84 Å². The van der Waals surface area contributed by atoms with Gasteiger partial charge in [0.1, 0.15) is 0 Å². The van der Waals surface area contributed by atoms with Crippen molar-refractivity contribution in [2.75, 3.05) is 26.0 Å². The highest BCUT2D eigenvalue weighted by molar-refractivity contribution is 7.90. The Morgan fingerprint density at radius 3 is 2.30 bits per heavy atom. The maximum Gasteiger partial charge on any atom is 0.407 e. The lowest BCUT2D eigenvalue weighted by atomic mass is 9.98. The van der Waals surface area contributed by atoms with E-state index in [1.807, 2.05) is 0 Å². The summed E-state index contributed by atoms with van der Waals surface area (Å²) in [7, 11) is -3.23. The van der Waals surface area contributed by atoms with Gasteiger partial charge in [0, 0.05) is 24.9 Å². The van der Waals surface area contributed by atoms with Gasteiger partial charge in [0.2, 0.25) is 0 Å². The van der Waals surface area contributed by atoms with Gasteiger partial charge >= 0.3 is 6.09 Å². The minimum absolute atomic E-state index is 0.250. The smallest absolute Gasteiger partial charge is 0.407 e. The lowest BCUT2D eigenvalue weighted by Gasteiger charge is -2.29. The Labute approximate surface area is 157 Å². The van der Waals surface area contributed by atoms with Crippen molar-refractivity contribution in [1.82, 2.24) is 14.9 Å². The molecular formula is C18H21N3O5S. The Balaban J connectivity index is 1.55. The van der Waals surface area contributed by atoms with Crippen molar-refractivity contribution in [2.24, 2.45) is 5.92 Å². The fourth-order valence-corrected chi connectivity index (χ4v) is 3.53. The van der Waals surface area contributed by atoms with Gasteiger partial charge in [-0.05, 0) is 43.0 Å². The molecular weight excluding hydrogens is 370 g/mol. The minimum atomic E-state index is -3.23. The molecule has 1 amide bonds. The van der Waals surface area contributed by atoms with Gasteiger partial charge in [0.05, 0.1) is 23.9 Å². The molecule has 27 heavy (non-hydrogen) atoms. The van der Waals surface area contributed by atoms with E-state index in [1.54, 1.807) is 24.5 Å². The van der Waals surface area contributed by atoms with Crippen LogP contribution in [0.15, 0.2) is 41.6 Å². The van der Waals surface area contributed by atoms with Crippen LogP contribution in [0.5, 0.6) is 5.75 Å². The fourth-order valence-electron chi connectivity index (χ4n) is 2.90. The number of aromatic nitrogens is 2. The molecule has 8 nitrogen and oxygen atoms in total. The SMILES string of the molecule is CS(=O)(=O)c1ccc(-c2ncc(OCC3CCN(C(=O)O)CC3)cn2)cc1. The summed E-state index contributed by atoms with van der Waals surface area (Å²) < 4.78 is 28.7. The van der Waals surface area contributed by atoms with Crippen molar-refractivity contribution in [3.05, 3.63) is 36.7 Å². The van der Waals surface area contributed by atoms with Crippen LogP contribution in [0.1, 0.15) is 12.8 Å². The summed E-state index contributed by atoms with van der Waals surface area (Å²) in [6.07, 6.45) is 5.01. The number of rotatable bonds is 5. The molecule has 2 aromatic rings. The molecule has 0 bridgehead atoms. The summed E-state index contributed by atoms with van der Waals surface area (Å²) in [4.78, 5) is 21.1. The lowest BCUT2D eigenvalue weighted by Crippen LogP contribution is -2.38. The number of amides is 1. The van der Waals surface area contributed by atoms with E-state index in [9.17, 15) is 13.2 Å². The Hall–Kier alpha value is -2.68. The van der Waals surface area contributed by atoms with E-state index >= 15 is 0 Å². The standard InChI is InChI=1S/C18H21N3O5S/c1-27(24,25)16-4-2-14(3-5-16)17-19-10-15(11-20-17)26-12-13-6-8-21(9-7-13)18(22)23/h2-5,10-11,13H,6-9,12H2,1H3,(H,22,23). The highest BCUT2D eigenvalue weighted by atomic mass is 32.2. The Morgan fingerprint density at radius 2 is 1.78 bits per heavy atom. The number of ether oxygens (including phenoxy) is 1. The number of carbonyl (C=O) groups is 1. The van der Waals surface area contributed by atoms with E-state index in [-0.39, 0.29) is 4.90 Å². The zero-order valence-electron chi connectivity index (χ0n) is 14.9. The van der Waals surface area contributed by atoms with E-state index in [0.717, 1.165) is 24.7 Å². The van der Waals surface area contributed by atoms with Crippen molar-refractivity contribution < 1.29 is 23.1 Å². The molecule has 144 valence electrons. The molecule has 0 spiro atoms. The summed E-state index contributed by atoms with van der Waals surface area (Å²) >= 11 is 0. The van der Waals surface area contributed by atoms with E-state index in [4.69, 9.17) is 9.84 Å². The van der Waals surface area contributed by atoms with Gasteiger partial charge in [-0.2, -0.15) is 0 Å². The quantitative estimate of drug-likeness (QED) is 0.833. The van der Waals surface area contributed by atoms with Gasteiger partial charge in [0.15, 0.2) is 21.4 Å². The van der Waals surface area contributed by atoms with Crippen molar-refractivity contribution in [1.29, 1.82) is 0 Å². The summed E-state index contributed by atoms with van der Waals surface area (Å²) in [6.45, 7) is 1.56. The first-order valence-electron chi connectivity index (χ1n) is 8.56. The fraction of sp³-hybridized carbons (Fsp3) is 0.389. The van der Waals surface area contributed by atoms with E-state index in [1.165, 1.54) is 17.0 Å². The third-order valence-corrected chi connectivity index (χ3v) is 5.67. The van der Waals surface area contributed by atoms with Gasteiger partial charge in [-0.15, -0.1) is 0 Å². The second kappa shape index (κ2) is 7.91. The third-order valence-electron chi connectivity index (χ3n) is 4.54.